The van der Waals surface area contributed by atoms with E-state index in [4.69, 9.17) is 17.3 Å². The number of sulfonamides is 1. The number of benzene rings is 1. The highest BCUT2D eigenvalue weighted by atomic mass is 35.5. The van der Waals surface area contributed by atoms with Crippen LogP contribution in [0.4, 0.5) is 23.2 Å². The van der Waals surface area contributed by atoms with E-state index >= 15 is 0 Å². The largest absolute Gasteiger partial charge is 0.397 e. The lowest BCUT2D eigenvalue weighted by Crippen LogP contribution is -2.41. The van der Waals surface area contributed by atoms with Crippen LogP contribution >= 0.6 is 11.6 Å². The third-order valence-electron chi connectivity index (χ3n) is 2.38. The van der Waals surface area contributed by atoms with E-state index in [1.165, 1.54) is 11.6 Å². The van der Waals surface area contributed by atoms with E-state index in [1.54, 1.807) is 0 Å². The van der Waals surface area contributed by atoms with Crippen LogP contribution in [0, 0.1) is 6.92 Å². The summed E-state index contributed by atoms with van der Waals surface area (Å²) in [6.45, 7) is -0.250. The number of nitrogens with one attached hydrogen (secondary N) is 1. The number of halogens is 5. The molecule has 0 aliphatic heterocycles. The zero-order valence-corrected chi connectivity index (χ0v) is 11.7. The topological polar surface area (TPSA) is 72.2 Å². The molecular formula is C10H11ClF4N2O2S. The van der Waals surface area contributed by atoms with E-state index in [2.05, 4.69) is 0 Å². The average molecular weight is 335 g/mol. The molecule has 0 heterocycles. The number of rotatable bonds is 5. The molecular weight excluding hydrogens is 324 g/mol. The molecule has 1 aromatic carbocycles. The maximum absolute atomic E-state index is 12.7. The predicted octanol–water partition coefficient (Wildman–Crippen LogP) is 2.41. The van der Waals surface area contributed by atoms with Crippen molar-refractivity contribution in [2.75, 3.05) is 12.3 Å². The Morgan fingerprint density at radius 3 is 2.40 bits per heavy atom. The molecule has 0 spiro atoms. The van der Waals surface area contributed by atoms with Crippen LogP contribution in [0.5, 0.6) is 0 Å². The summed E-state index contributed by atoms with van der Waals surface area (Å²) in [5.74, 6) is -4.46. The quantitative estimate of drug-likeness (QED) is 0.641. The fourth-order valence-electron chi connectivity index (χ4n) is 1.27. The van der Waals surface area contributed by atoms with Gasteiger partial charge >= 0.3 is 12.3 Å². The predicted molar refractivity (Wildman–Crippen MR) is 66.7 cm³/mol. The third-order valence-corrected chi connectivity index (χ3v) is 4.28. The third kappa shape index (κ3) is 3.74. The van der Waals surface area contributed by atoms with Crippen LogP contribution in [-0.2, 0) is 10.0 Å². The van der Waals surface area contributed by atoms with E-state index in [0.29, 0.717) is 5.56 Å². The summed E-state index contributed by atoms with van der Waals surface area (Å²) in [7, 11) is -4.39. The maximum atomic E-state index is 12.7. The molecule has 0 fully saturated rings. The molecule has 0 saturated carbocycles. The van der Waals surface area contributed by atoms with Gasteiger partial charge in [0.05, 0.1) is 22.2 Å². The van der Waals surface area contributed by atoms with Crippen molar-refractivity contribution in [1.29, 1.82) is 0 Å². The SMILES string of the molecule is Cc1cc(S(=O)(=O)NCC(F)(F)C(F)F)cc(N)c1Cl. The fraction of sp³-hybridized carbons (Fsp3) is 0.400. The van der Waals surface area contributed by atoms with Crippen LogP contribution in [0.2, 0.25) is 5.02 Å². The van der Waals surface area contributed by atoms with Crippen molar-refractivity contribution in [3.8, 4) is 0 Å². The highest BCUT2D eigenvalue weighted by Crippen LogP contribution is 2.27. The lowest BCUT2D eigenvalue weighted by atomic mass is 10.2. The van der Waals surface area contributed by atoms with Crippen molar-refractivity contribution in [2.45, 2.75) is 24.2 Å². The number of hydrogen-bond donors (Lipinski definition) is 2. The van der Waals surface area contributed by atoms with Crippen molar-refractivity contribution in [1.82, 2.24) is 4.72 Å². The van der Waals surface area contributed by atoms with Gasteiger partial charge in [-0.05, 0) is 24.6 Å². The minimum Gasteiger partial charge on any atom is -0.397 e. The van der Waals surface area contributed by atoms with Crippen molar-refractivity contribution < 1.29 is 26.0 Å². The summed E-state index contributed by atoms with van der Waals surface area (Å²) in [5, 5.41) is 0.127. The Morgan fingerprint density at radius 2 is 1.95 bits per heavy atom. The van der Waals surface area contributed by atoms with Crippen molar-refractivity contribution >= 4 is 27.3 Å². The molecule has 3 N–H and O–H groups in total. The standard InChI is InChI=1S/C10H11ClF4N2O2S/c1-5-2-6(3-7(16)8(5)11)20(18,19)17-4-10(14,15)9(12)13/h2-3,9,17H,4,16H2,1H3. The van der Waals surface area contributed by atoms with Gasteiger partial charge in [0.25, 0.3) is 0 Å². The number of aryl methyl sites for hydroxylation is 1. The molecule has 0 atom stereocenters. The highest BCUT2D eigenvalue weighted by molar-refractivity contribution is 7.89. The van der Waals surface area contributed by atoms with Gasteiger partial charge in [-0.3, -0.25) is 0 Å². The first-order valence-corrected chi connectivity index (χ1v) is 7.05. The molecule has 0 saturated heterocycles. The Hall–Kier alpha value is -1.06. The molecule has 0 aromatic heterocycles. The first kappa shape index (κ1) is 17.0. The lowest BCUT2D eigenvalue weighted by Gasteiger charge is -2.16. The summed E-state index contributed by atoms with van der Waals surface area (Å²) < 4.78 is 74.2. The molecule has 0 unspecified atom stereocenters. The van der Waals surface area contributed by atoms with E-state index in [9.17, 15) is 26.0 Å². The van der Waals surface area contributed by atoms with Gasteiger partial charge in [0.1, 0.15) is 0 Å². The second kappa shape index (κ2) is 5.74. The normalized spacial score (nSPS) is 12.9. The Morgan fingerprint density at radius 1 is 1.40 bits per heavy atom. The number of nitrogen functional groups attached to an aromatic ring is 1. The number of anilines is 1. The molecule has 0 radical (unpaired) electrons. The zero-order chi connectivity index (χ0) is 15.7. The highest BCUT2D eigenvalue weighted by Gasteiger charge is 2.41. The molecule has 1 rings (SSSR count). The summed E-state index contributed by atoms with van der Waals surface area (Å²) in [5.41, 5.74) is 5.71. The van der Waals surface area contributed by atoms with E-state index in [-0.39, 0.29) is 10.7 Å². The van der Waals surface area contributed by atoms with Crippen molar-refractivity contribution in [2.24, 2.45) is 0 Å². The summed E-state index contributed by atoms with van der Waals surface area (Å²) in [6, 6.07) is 2.06. The number of alkyl halides is 4. The molecule has 0 bridgehead atoms. The van der Waals surface area contributed by atoms with Gasteiger partial charge < -0.3 is 5.73 Å². The Balaban J connectivity index is 3.01. The van der Waals surface area contributed by atoms with Gasteiger partial charge in [-0.1, -0.05) is 11.6 Å². The first-order chi connectivity index (χ1) is 8.97. The van der Waals surface area contributed by atoms with Gasteiger partial charge in [0.2, 0.25) is 10.0 Å². The van der Waals surface area contributed by atoms with Gasteiger partial charge in [-0.2, -0.15) is 8.78 Å². The Bertz CT molecular complexity index is 584. The van der Waals surface area contributed by atoms with Gasteiger partial charge in [-0.15, -0.1) is 0 Å². The summed E-state index contributed by atoms with van der Waals surface area (Å²) >= 11 is 5.73. The van der Waals surface area contributed by atoms with Crippen LogP contribution < -0.4 is 10.5 Å². The Kier molecular flexibility index (Phi) is 4.88. The molecule has 0 aliphatic rings. The average Bonchev–Trinajstić information content (AvgIpc) is 2.33. The summed E-state index contributed by atoms with van der Waals surface area (Å²) in [4.78, 5) is -0.429. The van der Waals surface area contributed by atoms with Crippen LogP contribution in [0.25, 0.3) is 0 Å². The van der Waals surface area contributed by atoms with Gasteiger partial charge in [-0.25, -0.2) is 21.9 Å². The molecule has 10 heteroatoms. The van der Waals surface area contributed by atoms with Gasteiger partial charge in [0.15, 0.2) is 0 Å². The monoisotopic (exact) mass is 334 g/mol. The second-order valence-corrected chi connectivity index (χ2v) is 6.17. The second-order valence-electron chi connectivity index (χ2n) is 4.03. The molecule has 1 aromatic rings. The lowest BCUT2D eigenvalue weighted by molar-refractivity contribution is -0.122. The van der Waals surface area contributed by atoms with Crippen molar-refractivity contribution in [3.63, 3.8) is 0 Å². The molecule has 20 heavy (non-hydrogen) atoms. The molecule has 0 aliphatic carbocycles. The van der Waals surface area contributed by atoms with E-state index in [1.807, 2.05) is 0 Å². The molecule has 0 amide bonds. The molecule has 4 nitrogen and oxygen atoms in total. The number of hydrogen-bond acceptors (Lipinski definition) is 3. The fourth-order valence-corrected chi connectivity index (χ4v) is 2.54. The van der Waals surface area contributed by atoms with Gasteiger partial charge in [0, 0.05) is 0 Å². The van der Waals surface area contributed by atoms with E-state index < -0.39 is 33.8 Å². The zero-order valence-electron chi connectivity index (χ0n) is 10.1. The van der Waals surface area contributed by atoms with Crippen LogP contribution in [0.15, 0.2) is 17.0 Å². The van der Waals surface area contributed by atoms with Crippen LogP contribution in [0.3, 0.4) is 0 Å². The van der Waals surface area contributed by atoms with E-state index in [0.717, 1.165) is 12.1 Å². The minimum absolute atomic E-state index is 0.0624. The van der Waals surface area contributed by atoms with Crippen LogP contribution in [-0.4, -0.2) is 27.3 Å². The summed E-state index contributed by atoms with van der Waals surface area (Å²) in [6.07, 6.45) is -3.97. The van der Waals surface area contributed by atoms with Crippen LogP contribution in [0.1, 0.15) is 5.56 Å². The number of nitrogens with two attached hydrogens (primary N) is 1. The Labute approximate surface area is 118 Å². The first-order valence-electron chi connectivity index (χ1n) is 5.18. The molecule has 114 valence electrons. The minimum atomic E-state index is -4.46. The smallest absolute Gasteiger partial charge is 0.320 e. The maximum Gasteiger partial charge on any atom is 0.320 e. The van der Waals surface area contributed by atoms with Crippen molar-refractivity contribution in [3.05, 3.63) is 22.7 Å².